The molecule has 2 unspecified atom stereocenters. The normalized spacial score (nSPS) is 23.2. The van der Waals surface area contributed by atoms with Gasteiger partial charge in [-0.2, -0.15) is 0 Å². The van der Waals surface area contributed by atoms with Crippen molar-refractivity contribution < 1.29 is 23.8 Å². The van der Waals surface area contributed by atoms with Crippen LogP contribution < -0.4 is 0 Å². The van der Waals surface area contributed by atoms with Crippen LogP contribution in [-0.4, -0.2) is 30.9 Å². The Labute approximate surface area is 117 Å². The van der Waals surface area contributed by atoms with Crippen molar-refractivity contribution >= 4 is 11.9 Å². The van der Waals surface area contributed by atoms with Crippen molar-refractivity contribution in [3.8, 4) is 0 Å². The van der Waals surface area contributed by atoms with E-state index in [1.165, 1.54) is 14.0 Å². The summed E-state index contributed by atoms with van der Waals surface area (Å²) in [7, 11) is 1.52. The van der Waals surface area contributed by atoms with Crippen LogP contribution in [0.1, 0.15) is 25.3 Å². The summed E-state index contributed by atoms with van der Waals surface area (Å²) in [6, 6.07) is 9.65. The lowest BCUT2D eigenvalue weighted by molar-refractivity contribution is -0.249. The summed E-state index contributed by atoms with van der Waals surface area (Å²) in [5.74, 6) is -2.18. The van der Waals surface area contributed by atoms with Gasteiger partial charge in [-0.05, 0) is 5.56 Å². The van der Waals surface area contributed by atoms with Gasteiger partial charge in [0.05, 0.1) is 6.42 Å². The Kier molecular flexibility index (Phi) is 4.39. The van der Waals surface area contributed by atoms with E-state index in [0.29, 0.717) is 12.8 Å². The molecule has 2 rings (SSSR count). The van der Waals surface area contributed by atoms with E-state index in [4.69, 9.17) is 14.2 Å². The molecule has 1 aliphatic heterocycles. The van der Waals surface area contributed by atoms with E-state index in [1.807, 2.05) is 30.3 Å². The molecular weight excluding hydrogens is 260 g/mol. The largest absolute Gasteiger partial charge is 0.420 e. The van der Waals surface area contributed by atoms with Crippen LogP contribution in [0.25, 0.3) is 0 Å². The molecule has 20 heavy (non-hydrogen) atoms. The highest BCUT2D eigenvalue weighted by atomic mass is 16.8. The maximum Gasteiger partial charge on any atom is 0.309 e. The summed E-state index contributed by atoms with van der Waals surface area (Å²) in [6.07, 6.45) is 0.511. The number of methoxy groups -OCH3 is 1. The minimum atomic E-state index is -1.31. The van der Waals surface area contributed by atoms with Gasteiger partial charge in [0.1, 0.15) is 6.10 Å². The number of benzene rings is 1. The maximum atomic E-state index is 11.4. The zero-order valence-electron chi connectivity index (χ0n) is 11.6. The van der Waals surface area contributed by atoms with E-state index in [0.717, 1.165) is 5.56 Å². The Morgan fingerprint density at radius 3 is 2.60 bits per heavy atom. The Morgan fingerprint density at radius 2 is 2.10 bits per heavy atom. The topological polar surface area (TPSA) is 61.8 Å². The van der Waals surface area contributed by atoms with Crippen molar-refractivity contribution in [2.75, 3.05) is 7.11 Å². The molecule has 0 spiro atoms. The molecule has 0 radical (unpaired) electrons. The first kappa shape index (κ1) is 14.5. The van der Waals surface area contributed by atoms with E-state index < -0.39 is 17.9 Å². The molecular formula is C15H18O5. The number of esters is 2. The third-order valence-corrected chi connectivity index (χ3v) is 3.32. The first-order chi connectivity index (χ1) is 9.55. The number of cyclic esters (lactones) is 1. The standard InChI is InChI=1S/C15H18O5/c1-11(16)19-15(9-8-14(17)20-15)13(18-2)10-12-6-4-3-5-7-12/h3-7,13H,8-10H2,1-2H3. The molecule has 108 valence electrons. The maximum absolute atomic E-state index is 11.4. The molecule has 1 saturated heterocycles. The average Bonchev–Trinajstić information content (AvgIpc) is 2.78. The summed E-state index contributed by atoms with van der Waals surface area (Å²) in [5.41, 5.74) is 1.02. The summed E-state index contributed by atoms with van der Waals surface area (Å²) >= 11 is 0. The summed E-state index contributed by atoms with van der Waals surface area (Å²) in [6.45, 7) is 1.29. The molecule has 0 saturated carbocycles. The third-order valence-electron chi connectivity index (χ3n) is 3.32. The van der Waals surface area contributed by atoms with Crippen LogP contribution in [0.5, 0.6) is 0 Å². The van der Waals surface area contributed by atoms with Gasteiger partial charge in [-0.15, -0.1) is 0 Å². The SMILES string of the molecule is COC(Cc1ccccc1)C1(OC(C)=O)CCC(=O)O1. The first-order valence-electron chi connectivity index (χ1n) is 6.54. The van der Waals surface area contributed by atoms with Crippen LogP contribution in [0.15, 0.2) is 30.3 Å². The number of rotatable bonds is 5. The number of ether oxygens (including phenoxy) is 3. The Morgan fingerprint density at radius 1 is 1.40 bits per heavy atom. The van der Waals surface area contributed by atoms with Gasteiger partial charge in [-0.3, -0.25) is 9.59 Å². The lowest BCUT2D eigenvalue weighted by Gasteiger charge is -2.33. The highest BCUT2D eigenvalue weighted by Gasteiger charge is 2.50. The monoisotopic (exact) mass is 278 g/mol. The molecule has 2 atom stereocenters. The van der Waals surface area contributed by atoms with Crippen LogP contribution in [0.2, 0.25) is 0 Å². The Hall–Kier alpha value is -1.88. The van der Waals surface area contributed by atoms with Gasteiger partial charge >= 0.3 is 11.9 Å². The van der Waals surface area contributed by atoms with Gasteiger partial charge in [-0.25, -0.2) is 0 Å². The number of carbonyl (C=O) groups excluding carboxylic acids is 2. The van der Waals surface area contributed by atoms with Crippen molar-refractivity contribution in [3.63, 3.8) is 0 Å². The van der Waals surface area contributed by atoms with Crippen molar-refractivity contribution in [3.05, 3.63) is 35.9 Å². The number of hydrogen-bond acceptors (Lipinski definition) is 5. The Balaban J connectivity index is 2.21. The molecule has 0 aliphatic carbocycles. The molecule has 0 amide bonds. The molecule has 1 heterocycles. The highest BCUT2D eigenvalue weighted by molar-refractivity contribution is 5.73. The van der Waals surface area contributed by atoms with Gasteiger partial charge in [-0.1, -0.05) is 30.3 Å². The van der Waals surface area contributed by atoms with Crippen molar-refractivity contribution in [1.29, 1.82) is 0 Å². The molecule has 0 bridgehead atoms. The van der Waals surface area contributed by atoms with Crippen LogP contribution in [0.4, 0.5) is 0 Å². The van der Waals surface area contributed by atoms with Crippen LogP contribution in [0, 0.1) is 0 Å². The van der Waals surface area contributed by atoms with Gasteiger partial charge < -0.3 is 14.2 Å². The van der Waals surface area contributed by atoms with E-state index in [1.54, 1.807) is 0 Å². The van der Waals surface area contributed by atoms with Crippen molar-refractivity contribution in [2.45, 2.75) is 38.1 Å². The fourth-order valence-electron chi connectivity index (χ4n) is 2.43. The molecule has 1 aromatic carbocycles. The van der Waals surface area contributed by atoms with E-state index in [2.05, 4.69) is 0 Å². The third kappa shape index (κ3) is 3.17. The van der Waals surface area contributed by atoms with Crippen LogP contribution in [0.3, 0.4) is 0 Å². The molecule has 5 nitrogen and oxygen atoms in total. The van der Waals surface area contributed by atoms with Crippen LogP contribution in [-0.2, 0) is 30.2 Å². The lowest BCUT2D eigenvalue weighted by Crippen LogP contribution is -2.48. The van der Waals surface area contributed by atoms with Gasteiger partial charge in [0, 0.05) is 26.9 Å². The summed E-state index contributed by atoms with van der Waals surface area (Å²) in [5, 5.41) is 0. The minimum absolute atomic E-state index is 0.224. The minimum Gasteiger partial charge on any atom is -0.420 e. The van der Waals surface area contributed by atoms with E-state index in [9.17, 15) is 9.59 Å². The zero-order valence-corrected chi connectivity index (χ0v) is 11.6. The summed E-state index contributed by atoms with van der Waals surface area (Å²) < 4.78 is 16.0. The smallest absolute Gasteiger partial charge is 0.309 e. The predicted octanol–water partition coefficient (Wildman–Crippen LogP) is 1.84. The van der Waals surface area contributed by atoms with Gasteiger partial charge in [0.15, 0.2) is 0 Å². The van der Waals surface area contributed by atoms with Crippen LogP contribution >= 0.6 is 0 Å². The molecule has 1 aromatic rings. The Bertz CT molecular complexity index is 484. The molecule has 0 N–H and O–H groups in total. The number of carbonyl (C=O) groups is 2. The highest BCUT2D eigenvalue weighted by Crippen LogP contribution is 2.34. The zero-order chi connectivity index (χ0) is 14.6. The second-order valence-electron chi connectivity index (χ2n) is 4.79. The molecule has 0 aromatic heterocycles. The summed E-state index contributed by atoms with van der Waals surface area (Å²) in [4.78, 5) is 22.8. The van der Waals surface area contributed by atoms with E-state index in [-0.39, 0.29) is 12.4 Å². The average molecular weight is 278 g/mol. The van der Waals surface area contributed by atoms with E-state index >= 15 is 0 Å². The van der Waals surface area contributed by atoms with Gasteiger partial charge in [0.25, 0.3) is 5.79 Å². The number of hydrogen-bond donors (Lipinski definition) is 0. The van der Waals surface area contributed by atoms with Crippen molar-refractivity contribution in [1.82, 2.24) is 0 Å². The lowest BCUT2D eigenvalue weighted by atomic mass is 9.98. The fourth-order valence-corrected chi connectivity index (χ4v) is 2.43. The second-order valence-corrected chi connectivity index (χ2v) is 4.79. The van der Waals surface area contributed by atoms with Crippen molar-refractivity contribution in [2.24, 2.45) is 0 Å². The second kappa shape index (κ2) is 6.05. The quantitative estimate of drug-likeness (QED) is 0.769. The predicted molar refractivity (Wildman–Crippen MR) is 70.8 cm³/mol. The molecule has 1 fully saturated rings. The fraction of sp³-hybridized carbons (Fsp3) is 0.467. The first-order valence-corrected chi connectivity index (χ1v) is 6.54. The molecule has 5 heteroatoms. The molecule has 1 aliphatic rings. The van der Waals surface area contributed by atoms with Gasteiger partial charge in [0.2, 0.25) is 0 Å².